The third-order valence-electron chi connectivity index (χ3n) is 4.17. The van der Waals surface area contributed by atoms with Crippen molar-refractivity contribution in [2.24, 2.45) is 0 Å². The Hall–Kier alpha value is -2.31. The monoisotopic (exact) mass is 363 g/mol. The van der Waals surface area contributed by atoms with Gasteiger partial charge in [-0.15, -0.1) is 0 Å². The third kappa shape index (κ3) is 3.70. The molecule has 1 amide bonds. The molecule has 0 saturated carbocycles. The Labute approximate surface area is 149 Å². The Balaban J connectivity index is 1.78. The van der Waals surface area contributed by atoms with Crippen LogP contribution < -0.4 is 0 Å². The van der Waals surface area contributed by atoms with Gasteiger partial charge in [0.15, 0.2) is 5.76 Å². The van der Waals surface area contributed by atoms with E-state index in [1.807, 2.05) is 12.1 Å². The summed E-state index contributed by atoms with van der Waals surface area (Å²) in [6.07, 6.45) is 0.153. The molecule has 7 heteroatoms. The number of carbonyl (C=O) groups is 2. The molecule has 3 rings (SSSR count). The molecule has 2 aromatic rings. The Morgan fingerprint density at radius 3 is 2.64 bits per heavy atom. The lowest BCUT2D eigenvalue weighted by Gasteiger charge is -2.32. The average molecular weight is 364 g/mol. The van der Waals surface area contributed by atoms with E-state index in [0.29, 0.717) is 36.9 Å². The van der Waals surface area contributed by atoms with Crippen molar-refractivity contribution >= 4 is 23.5 Å². The lowest BCUT2D eigenvalue weighted by Crippen LogP contribution is -2.42. The predicted molar refractivity (Wildman–Crippen MR) is 91.1 cm³/mol. The molecular formula is C18H18ClNO5. The number of furan rings is 1. The van der Waals surface area contributed by atoms with Crippen LogP contribution in [0.2, 0.25) is 5.02 Å². The fourth-order valence-corrected chi connectivity index (χ4v) is 2.97. The van der Waals surface area contributed by atoms with Crippen LogP contribution in [0.5, 0.6) is 0 Å². The van der Waals surface area contributed by atoms with E-state index in [2.05, 4.69) is 0 Å². The molecule has 1 unspecified atom stereocenters. The van der Waals surface area contributed by atoms with Crippen LogP contribution in [0.4, 0.5) is 0 Å². The highest BCUT2D eigenvalue weighted by Gasteiger charge is 2.29. The molecule has 1 atom stereocenters. The normalized spacial score (nSPS) is 17.5. The quantitative estimate of drug-likeness (QED) is 0.900. The molecule has 0 aliphatic carbocycles. The summed E-state index contributed by atoms with van der Waals surface area (Å²) in [5.41, 5.74) is 0.968. The molecule has 0 radical (unpaired) electrons. The maximum Gasteiger partial charge on any atom is 0.339 e. The SMILES string of the molecule is CCc1oc(C(=O)N2CCOC(c3ccc(Cl)cc3)C2)cc1C(=O)O. The first-order valence-corrected chi connectivity index (χ1v) is 8.39. The van der Waals surface area contributed by atoms with E-state index < -0.39 is 5.97 Å². The number of rotatable bonds is 4. The molecule has 1 fully saturated rings. The van der Waals surface area contributed by atoms with Gasteiger partial charge in [0.05, 0.1) is 13.2 Å². The maximum absolute atomic E-state index is 12.7. The van der Waals surface area contributed by atoms with E-state index >= 15 is 0 Å². The zero-order chi connectivity index (χ0) is 18.0. The van der Waals surface area contributed by atoms with Crippen molar-refractivity contribution in [2.75, 3.05) is 19.7 Å². The maximum atomic E-state index is 12.7. The first kappa shape index (κ1) is 17.5. The average Bonchev–Trinajstić information content (AvgIpc) is 3.06. The van der Waals surface area contributed by atoms with Gasteiger partial charge in [0.25, 0.3) is 5.91 Å². The second kappa shape index (κ2) is 7.29. The van der Waals surface area contributed by atoms with Crippen LogP contribution in [-0.2, 0) is 11.2 Å². The number of amides is 1. The first-order chi connectivity index (χ1) is 12.0. The first-order valence-electron chi connectivity index (χ1n) is 8.02. The number of hydrogen-bond donors (Lipinski definition) is 1. The van der Waals surface area contributed by atoms with Gasteiger partial charge in [-0.2, -0.15) is 0 Å². The highest BCUT2D eigenvalue weighted by atomic mass is 35.5. The van der Waals surface area contributed by atoms with Gasteiger partial charge in [-0.25, -0.2) is 4.79 Å². The van der Waals surface area contributed by atoms with Gasteiger partial charge >= 0.3 is 5.97 Å². The fraction of sp³-hybridized carbons (Fsp3) is 0.333. The molecule has 1 aromatic carbocycles. The predicted octanol–water partition coefficient (Wildman–Crippen LogP) is 3.41. The number of aryl methyl sites for hydroxylation is 1. The number of benzene rings is 1. The van der Waals surface area contributed by atoms with Gasteiger partial charge in [0.1, 0.15) is 17.4 Å². The number of carbonyl (C=O) groups excluding carboxylic acids is 1. The van der Waals surface area contributed by atoms with Crippen LogP contribution in [0.1, 0.15) is 45.3 Å². The second-order valence-corrected chi connectivity index (χ2v) is 6.20. The van der Waals surface area contributed by atoms with Crippen LogP contribution in [0.15, 0.2) is 34.7 Å². The number of aromatic carboxylic acids is 1. The highest BCUT2D eigenvalue weighted by molar-refractivity contribution is 6.30. The number of nitrogens with zero attached hydrogens (tertiary/aromatic N) is 1. The van der Waals surface area contributed by atoms with Crippen LogP contribution in [-0.4, -0.2) is 41.6 Å². The van der Waals surface area contributed by atoms with Crippen molar-refractivity contribution in [3.05, 3.63) is 58.0 Å². The summed E-state index contributed by atoms with van der Waals surface area (Å²) >= 11 is 5.90. The third-order valence-corrected chi connectivity index (χ3v) is 4.42. The van der Waals surface area contributed by atoms with Gasteiger partial charge in [-0.05, 0) is 17.7 Å². The van der Waals surface area contributed by atoms with E-state index in [-0.39, 0.29) is 23.3 Å². The molecule has 2 heterocycles. The summed E-state index contributed by atoms with van der Waals surface area (Å²) in [7, 11) is 0. The topological polar surface area (TPSA) is 80.0 Å². The van der Waals surface area contributed by atoms with E-state index in [0.717, 1.165) is 5.56 Å². The molecule has 0 spiro atoms. The summed E-state index contributed by atoms with van der Waals surface area (Å²) < 4.78 is 11.2. The van der Waals surface area contributed by atoms with Gasteiger partial charge in [-0.3, -0.25) is 4.79 Å². The summed E-state index contributed by atoms with van der Waals surface area (Å²) in [5.74, 6) is -1.07. The fourth-order valence-electron chi connectivity index (χ4n) is 2.85. The Kier molecular flexibility index (Phi) is 5.11. The van der Waals surface area contributed by atoms with Crippen molar-refractivity contribution in [1.82, 2.24) is 4.90 Å². The minimum atomic E-state index is -1.10. The molecule has 0 bridgehead atoms. The number of hydrogen-bond acceptors (Lipinski definition) is 4. The highest BCUT2D eigenvalue weighted by Crippen LogP contribution is 2.25. The largest absolute Gasteiger partial charge is 0.478 e. The van der Waals surface area contributed by atoms with Crippen LogP contribution in [0, 0.1) is 0 Å². The molecule has 1 saturated heterocycles. The van der Waals surface area contributed by atoms with Crippen molar-refractivity contribution in [3.63, 3.8) is 0 Å². The summed E-state index contributed by atoms with van der Waals surface area (Å²) in [5, 5.41) is 9.84. The summed E-state index contributed by atoms with van der Waals surface area (Å²) in [6.45, 7) is 2.97. The minimum absolute atomic E-state index is 0.0355. The standard InChI is InChI=1S/C18H18ClNO5/c1-2-14-13(18(22)23)9-15(25-14)17(21)20-7-8-24-16(10-20)11-3-5-12(19)6-4-11/h3-6,9,16H,2,7-8,10H2,1H3,(H,22,23). The second-order valence-electron chi connectivity index (χ2n) is 5.77. The molecule has 1 aliphatic rings. The van der Waals surface area contributed by atoms with E-state index in [9.17, 15) is 14.7 Å². The van der Waals surface area contributed by atoms with Gasteiger partial charge < -0.3 is 19.2 Å². The molecule has 1 aliphatic heterocycles. The smallest absolute Gasteiger partial charge is 0.339 e. The van der Waals surface area contributed by atoms with Crippen molar-refractivity contribution < 1.29 is 23.8 Å². The zero-order valence-corrected chi connectivity index (χ0v) is 14.5. The number of ether oxygens (including phenoxy) is 1. The van der Waals surface area contributed by atoms with Gasteiger partial charge in [0, 0.05) is 24.1 Å². The van der Waals surface area contributed by atoms with Crippen LogP contribution >= 0.6 is 11.6 Å². The van der Waals surface area contributed by atoms with E-state index in [1.54, 1.807) is 24.0 Å². The van der Waals surface area contributed by atoms with Crippen LogP contribution in [0.25, 0.3) is 0 Å². The van der Waals surface area contributed by atoms with Crippen LogP contribution in [0.3, 0.4) is 0 Å². The van der Waals surface area contributed by atoms with Gasteiger partial charge in [0.2, 0.25) is 0 Å². The molecule has 25 heavy (non-hydrogen) atoms. The minimum Gasteiger partial charge on any atom is -0.478 e. The summed E-state index contributed by atoms with van der Waals surface area (Å²) in [6, 6.07) is 8.59. The lowest BCUT2D eigenvalue weighted by atomic mass is 10.1. The molecule has 6 nitrogen and oxygen atoms in total. The number of halogens is 1. The van der Waals surface area contributed by atoms with Crippen molar-refractivity contribution in [3.8, 4) is 0 Å². The molecule has 1 N–H and O–H groups in total. The summed E-state index contributed by atoms with van der Waals surface area (Å²) in [4.78, 5) is 25.6. The molecule has 1 aromatic heterocycles. The van der Waals surface area contributed by atoms with E-state index in [1.165, 1.54) is 6.07 Å². The Morgan fingerprint density at radius 2 is 2.04 bits per heavy atom. The Bertz CT molecular complexity index is 783. The molecular weight excluding hydrogens is 346 g/mol. The lowest BCUT2D eigenvalue weighted by molar-refractivity contribution is -0.0238. The molecule has 132 valence electrons. The van der Waals surface area contributed by atoms with Gasteiger partial charge in [-0.1, -0.05) is 30.7 Å². The number of morpholine rings is 1. The number of carboxylic acids is 1. The van der Waals surface area contributed by atoms with Crippen molar-refractivity contribution in [2.45, 2.75) is 19.4 Å². The zero-order valence-electron chi connectivity index (χ0n) is 13.7. The van der Waals surface area contributed by atoms with E-state index in [4.69, 9.17) is 20.8 Å². The van der Waals surface area contributed by atoms with Crippen molar-refractivity contribution in [1.29, 1.82) is 0 Å². The number of carboxylic acid groups (broad SMARTS) is 1. The Morgan fingerprint density at radius 1 is 1.32 bits per heavy atom.